The minimum absolute atomic E-state index is 0.0807. The maximum absolute atomic E-state index is 13.7. The second-order valence-corrected chi connectivity index (χ2v) is 5.65. The molecule has 7 heteroatoms. The van der Waals surface area contributed by atoms with Crippen LogP contribution in [-0.4, -0.2) is 34.4 Å². The van der Waals surface area contributed by atoms with Gasteiger partial charge in [0.25, 0.3) is 0 Å². The zero-order chi connectivity index (χ0) is 15.9. The van der Waals surface area contributed by atoms with E-state index in [0.717, 1.165) is 4.47 Å². The van der Waals surface area contributed by atoms with Crippen LogP contribution in [0.2, 0.25) is 0 Å². The van der Waals surface area contributed by atoms with Gasteiger partial charge < -0.3 is 10.2 Å². The Kier molecular flexibility index (Phi) is 5.83. The lowest BCUT2D eigenvalue weighted by Gasteiger charge is -2.18. The van der Waals surface area contributed by atoms with Gasteiger partial charge in [-0.1, -0.05) is 15.9 Å². The summed E-state index contributed by atoms with van der Waals surface area (Å²) in [6.45, 7) is 0.653. The van der Waals surface area contributed by atoms with E-state index < -0.39 is 0 Å². The van der Waals surface area contributed by atoms with Gasteiger partial charge in [-0.3, -0.25) is 4.79 Å². The van der Waals surface area contributed by atoms with E-state index in [2.05, 4.69) is 31.2 Å². The molecule has 0 unspecified atom stereocenters. The smallest absolute Gasteiger partial charge is 0.224 e. The van der Waals surface area contributed by atoms with Crippen LogP contribution in [0, 0.1) is 5.82 Å². The van der Waals surface area contributed by atoms with Crippen molar-refractivity contribution in [2.45, 2.75) is 13.0 Å². The number of halogens is 2. The lowest BCUT2D eigenvalue weighted by molar-refractivity contribution is -0.130. The minimum Gasteiger partial charge on any atom is -0.354 e. The van der Waals surface area contributed by atoms with Gasteiger partial charge in [0.2, 0.25) is 11.9 Å². The molecule has 1 aromatic carbocycles. The Bertz CT molecular complexity index is 639. The summed E-state index contributed by atoms with van der Waals surface area (Å²) < 4.78 is 14.5. The molecule has 0 saturated heterocycles. The molecule has 0 aliphatic carbocycles. The third kappa shape index (κ3) is 4.77. The first-order valence-corrected chi connectivity index (χ1v) is 7.54. The number of benzene rings is 1. The monoisotopic (exact) mass is 366 g/mol. The van der Waals surface area contributed by atoms with E-state index in [-0.39, 0.29) is 24.7 Å². The molecule has 0 spiro atoms. The summed E-state index contributed by atoms with van der Waals surface area (Å²) >= 11 is 3.30. The van der Waals surface area contributed by atoms with Crippen LogP contribution in [-0.2, 0) is 11.3 Å². The Morgan fingerprint density at radius 3 is 2.82 bits per heavy atom. The predicted octanol–water partition coefficient (Wildman–Crippen LogP) is 2.84. The van der Waals surface area contributed by atoms with Crippen molar-refractivity contribution in [3.8, 4) is 0 Å². The summed E-state index contributed by atoms with van der Waals surface area (Å²) in [6, 6.07) is 6.41. The van der Waals surface area contributed by atoms with Gasteiger partial charge in [0.1, 0.15) is 5.82 Å². The molecule has 0 aliphatic heterocycles. The van der Waals surface area contributed by atoms with E-state index in [1.54, 1.807) is 37.6 Å². The molecule has 22 heavy (non-hydrogen) atoms. The lowest BCUT2D eigenvalue weighted by Crippen LogP contribution is -2.28. The van der Waals surface area contributed by atoms with Crippen molar-refractivity contribution in [2.75, 3.05) is 18.9 Å². The number of carbonyl (C=O) groups is 1. The third-order valence-corrected chi connectivity index (χ3v) is 3.52. The zero-order valence-electron chi connectivity index (χ0n) is 12.1. The average molecular weight is 367 g/mol. The summed E-state index contributed by atoms with van der Waals surface area (Å²) in [6.07, 6.45) is 3.53. The van der Waals surface area contributed by atoms with Crippen molar-refractivity contribution < 1.29 is 9.18 Å². The van der Waals surface area contributed by atoms with Crippen molar-refractivity contribution in [1.29, 1.82) is 0 Å². The van der Waals surface area contributed by atoms with Gasteiger partial charge in [0.05, 0.1) is 0 Å². The van der Waals surface area contributed by atoms with Gasteiger partial charge in [0, 0.05) is 49.0 Å². The number of anilines is 1. The standard InChI is InChI=1S/C15H16BrFN4O/c1-21(10-11-9-12(16)3-4-13(11)17)14(22)5-8-20-15-18-6-2-7-19-15/h2-4,6-7,9H,5,8,10H2,1H3,(H,18,19,20). The van der Waals surface area contributed by atoms with Gasteiger partial charge >= 0.3 is 0 Å². The summed E-state index contributed by atoms with van der Waals surface area (Å²) in [5.41, 5.74) is 0.476. The molecule has 1 N–H and O–H groups in total. The first-order chi connectivity index (χ1) is 10.6. The molecule has 0 saturated carbocycles. The molecule has 2 aromatic rings. The number of nitrogens with one attached hydrogen (secondary N) is 1. The van der Waals surface area contributed by atoms with Gasteiger partial charge in [-0.05, 0) is 24.3 Å². The van der Waals surface area contributed by atoms with Gasteiger partial charge in [-0.25, -0.2) is 14.4 Å². The fourth-order valence-corrected chi connectivity index (χ4v) is 2.28. The maximum Gasteiger partial charge on any atom is 0.224 e. The van der Waals surface area contributed by atoms with Crippen LogP contribution in [0.1, 0.15) is 12.0 Å². The first-order valence-electron chi connectivity index (χ1n) is 6.75. The van der Waals surface area contributed by atoms with E-state index in [4.69, 9.17) is 0 Å². The molecule has 116 valence electrons. The Hall–Kier alpha value is -2.02. The summed E-state index contributed by atoms with van der Waals surface area (Å²) in [5.74, 6) is 0.0810. The van der Waals surface area contributed by atoms with E-state index in [9.17, 15) is 9.18 Å². The average Bonchev–Trinajstić information content (AvgIpc) is 2.52. The number of hydrogen-bond acceptors (Lipinski definition) is 4. The van der Waals surface area contributed by atoms with Crippen LogP contribution in [0.4, 0.5) is 10.3 Å². The first kappa shape index (κ1) is 16.4. The Morgan fingerprint density at radius 2 is 2.09 bits per heavy atom. The van der Waals surface area contributed by atoms with E-state index in [1.807, 2.05) is 0 Å². The number of rotatable bonds is 6. The molecular weight excluding hydrogens is 351 g/mol. The fourth-order valence-electron chi connectivity index (χ4n) is 1.87. The highest BCUT2D eigenvalue weighted by molar-refractivity contribution is 9.10. The largest absolute Gasteiger partial charge is 0.354 e. The second-order valence-electron chi connectivity index (χ2n) is 4.73. The molecule has 0 fully saturated rings. The van der Waals surface area contributed by atoms with Crippen molar-refractivity contribution in [2.24, 2.45) is 0 Å². The number of hydrogen-bond donors (Lipinski definition) is 1. The number of nitrogens with zero attached hydrogens (tertiary/aromatic N) is 3. The Morgan fingerprint density at radius 1 is 1.36 bits per heavy atom. The van der Waals surface area contributed by atoms with Crippen LogP contribution >= 0.6 is 15.9 Å². The van der Waals surface area contributed by atoms with E-state index in [0.29, 0.717) is 18.1 Å². The van der Waals surface area contributed by atoms with Crippen LogP contribution < -0.4 is 5.32 Å². The zero-order valence-corrected chi connectivity index (χ0v) is 13.7. The molecule has 1 heterocycles. The predicted molar refractivity (Wildman–Crippen MR) is 85.7 cm³/mol. The van der Waals surface area contributed by atoms with E-state index in [1.165, 1.54) is 11.0 Å². The molecule has 5 nitrogen and oxygen atoms in total. The van der Waals surface area contributed by atoms with Crippen LogP contribution in [0.15, 0.2) is 41.1 Å². The Labute approximate surface area is 136 Å². The maximum atomic E-state index is 13.7. The second kappa shape index (κ2) is 7.84. The van der Waals surface area contributed by atoms with Crippen LogP contribution in [0.5, 0.6) is 0 Å². The van der Waals surface area contributed by atoms with Gasteiger partial charge in [-0.15, -0.1) is 0 Å². The molecule has 1 amide bonds. The van der Waals surface area contributed by atoms with Gasteiger partial charge in [-0.2, -0.15) is 0 Å². The van der Waals surface area contributed by atoms with Crippen molar-refractivity contribution in [3.63, 3.8) is 0 Å². The van der Waals surface area contributed by atoms with Gasteiger partial charge in [0.15, 0.2) is 0 Å². The molecule has 0 aliphatic rings. The molecule has 0 atom stereocenters. The molecule has 0 radical (unpaired) electrons. The summed E-state index contributed by atoms with van der Waals surface area (Å²) in [7, 11) is 1.65. The highest BCUT2D eigenvalue weighted by Gasteiger charge is 2.12. The number of amides is 1. The van der Waals surface area contributed by atoms with Crippen molar-refractivity contribution in [3.05, 3.63) is 52.5 Å². The topological polar surface area (TPSA) is 58.1 Å². The lowest BCUT2D eigenvalue weighted by atomic mass is 10.2. The normalized spacial score (nSPS) is 10.3. The fraction of sp³-hybridized carbons (Fsp3) is 0.267. The van der Waals surface area contributed by atoms with Crippen LogP contribution in [0.25, 0.3) is 0 Å². The van der Waals surface area contributed by atoms with Crippen molar-refractivity contribution >= 4 is 27.8 Å². The van der Waals surface area contributed by atoms with Crippen molar-refractivity contribution in [1.82, 2.24) is 14.9 Å². The summed E-state index contributed by atoms with van der Waals surface area (Å²) in [5, 5.41) is 2.96. The summed E-state index contributed by atoms with van der Waals surface area (Å²) in [4.78, 5) is 21.6. The number of aromatic nitrogens is 2. The molecule has 2 rings (SSSR count). The SMILES string of the molecule is CN(Cc1cc(Br)ccc1F)C(=O)CCNc1ncccn1. The van der Waals surface area contributed by atoms with Crippen LogP contribution in [0.3, 0.4) is 0 Å². The molecule has 0 bridgehead atoms. The Balaban J connectivity index is 1.83. The molecule has 1 aromatic heterocycles. The highest BCUT2D eigenvalue weighted by Crippen LogP contribution is 2.17. The third-order valence-electron chi connectivity index (χ3n) is 3.03. The number of carbonyl (C=O) groups excluding carboxylic acids is 1. The quantitative estimate of drug-likeness (QED) is 0.853. The highest BCUT2D eigenvalue weighted by atomic mass is 79.9. The minimum atomic E-state index is -0.321. The van der Waals surface area contributed by atoms with E-state index >= 15 is 0 Å². The molecular formula is C15H16BrFN4O.